The summed E-state index contributed by atoms with van der Waals surface area (Å²) < 4.78 is 5.05. The molecule has 0 radical (unpaired) electrons. The SMILES string of the molecule is COC(=O)C(C)[C@H]1CC[C@H]2[C@@H]3CCC4=CC(=O)C=C[C@]4(C)C3=CC[C@]12C. The maximum absolute atomic E-state index is 12.2. The summed E-state index contributed by atoms with van der Waals surface area (Å²) >= 11 is 0. The van der Waals surface area contributed by atoms with Crippen molar-refractivity contribution in [3.8, 4) is 0 Å². The highest BCUT2D eigenvalue weighted by atomic mass is 16.5. The van der Waals surface area contributed by atoms with E-state index >= 15 is 0 Å². The van der Waals surface area contributed by atoms with Crippen LogP contribution in [0.3, 0.4) is 0 Å². The topological polar surface area (TPSA) is 43.4 Å². The molecule has 0 aromatic rings. The molecule has 0 heterocycles. The molecule has 0 aromatic carbocycles. The molecule has 2 saturated carbocycles. The molecule has 0 saturated heterocycles. The van der Waals surface area contributed by atoms with Gasteiger partial charge < -0.3 is 4.74 Å². The van der Waals surface area contributed by atoms with E-state index in [2.05, 4.69) is 26.0 Å². The number of rotatable bonds is 2. The van der Waals surface area contributed by atoms with Crippen molar-refractivity contribution in [1.29, 1.82) is 0 Å². The lowest BCUT2D eigenvalue weighted by Gasteiger charge is -2.52. The van der Waals surface area contributed by atoms with Crippen molar-refractivity contribution in [2.75, 3.05) is 7.11 Å². The summed E-state index contributed by atoms with van der Waals surface area (Å²) in [4.78, 5) is 24.0. The molecular weight excluding hydrogens is 324 g/mol. The smallest absolute Gasteiger partial charge is 0.308 e. The molecule has 0 bridgehead atoms. The fourth-order valence-electron chi connectivity index (χ4n) is 6.73. The first-order chi connectivity index (χ1) is 12.3. The number of fused-ring (bicyclic) bond motifs is 5. The number of hydrogen-bond acceptors (Lipinski definition) is 3. The average Bonchev–Trinajstić information content (AvgIpc) is 2.98. The van der Waals surface area contributed by atoms with Crippen LogP contribution in [0.2, 0.25) is 0 Å². The maximum Gasteiger partial charge on any atom is 0.308 e. The quantitative estimate of drug-likeness (QED) is 0.536. The van der Waals surface area contributed by atoms with Gasteiger partial charge in [-0.2, -0.15) is 0 Å². The predicted octanol–water partition coefficient (Wildman–Crippen LogP) is 4.64. The summed E-state index contributed by atoms with van der Waals surface area (Å²) in [6.07, 6.45) is 13.7. The number of hydrogen-bond donors (Lipinski definition) is 0. The van der Waals surface area contributed by atoms with Crippen molar-refractivity contribution in [1.82, 2.24) is 0 Å². The van der Waals surface area contributed by atoms with E-state index in [4.69, 9.17) is 4.74 Å². The van der Waals surface area contributed by atoms with Gasteiger partial charge in [0.25, 0.3) is 0 Å². The predicted molar refractivity (Wildman–Crippen MR) is 101 cm³/mol. The third-order valence-electron chi connectivity index (χ3n) is 8.20. The number of esters is 1. The summed E-state index contributed by atoms with van der Waals surface area (Å²) in [6.45, 7) is 6.73. The Bertz CT molecular complexity index is 743. The number of carbonyl (C=O) groups excluding carboxylic acids is 2. The van der Waals surface area contributed by atoms with Gasteiger partial charge in [0.15, 0.2) is 5.78 Å². The van der Waals surface area contributed by atoms with Crippen LogP contribution in [0, 0.1) is 34.5 Å². The Hall–Kier alpha value is -1.64. The minimum absolute atomic E-state index is 0.0354. The van der Waals surface area contributed by atoms with Gasteiger partial charge in [0.05, 0.1) is 13.0 Å². The van der Waals surface area contributed by atoms with Gasteiger partial charge in [-0.05, 0) is 74.3 Å². The largest absolute Gasteiger partial charge is 0.469 e. The molecule has 140 valence electrons. The molecule has 3 nitrogen and oxygen atoms in total. The summed E-state index contributed by atoms with van der Waals surface area (Å²) in [7, 11) is 1.50. The molecule has 0 amide bonds. The summed E-state index contributed by atoms with van der Waals surface area (Å²) in [6, 6.07) is 0. The highest BCUT2D eigenvalue weighted by Crippen LogP contribution is 2.64. The summed E-state index contributed by atoms with van der Waals surface area (Å²) in [5.74, 6) is 1.62. The highest BCUT2D eigenvalue weighted by Gasteiger charge is 2.57. The van der Waals surface area contributed by atoms with Crippen LogP contribution in [0.4, 0.5) is 0 Å². The van der Waals surface area contributed by atoms with Crippen LogP contribution in [-0.4, -0.2) is 18.9 Å². The van der Waals surface area contributed by atoms with Crippen molar-refractivity contribution < 1.29 is 14.3 Å². The van der Waals surface area contributed by atoms with E-state index in [0.29, 0.717) is 17.8 Å². The molecule has 4 aliphatic rings. The van der Waals surface area contributed by atoms with Crippen molar-refractivity contribution in [3.63, 3.8) is 0 Å². The Morgan fingerprint density at radius 3 is 2.77 bits per heavy atom. The fourth-order valence-corrected chi connectivity index (χ4v) is 6.73. The molecule has 6 atom stereocenters. The molecule has 0 N–H and O–H groups in total. The summed E-state index contributed by atoms with van der Waals surface area (Å²) in [5.41, 5.74) is 2.90. The van der Waals surface area contributed by atoms with E-state index in [1.165, 1.54) is 24.7 Å². The van der Waals surface area contributed by atoms with Gasteiger partial charge in [-0.25, -0.2) is 0 Å². The van der Waals surface area contributed by atoms with Crippen LogP contribution in [0.25, 0.3) is 0 Å². The molecule has 1 unspecified atom stereocenters. The first-order valence-corrected chi connectivity index (χ1v) is 10.0. The highest BCUT2D eigenvalue weighted by molar-refractivity contribution is 6.01. The second kappa shape index (κ2) is 5.94. The van der Waals surface area contributed by atoms with Gasteiger partial charge in [-0.1, -0.05) is 37.1 Å². The Morgan fingerprint density at radius 2 is 2.04 bits per heavy atom. The van der Waals surface area contributed by atoms with Gasteiger partial charge in [0.1, 0.15) is 0 Å². The van der Waals surface area contributed by atoms with E-state index in [1.54, 1.807) is 6.08 Å². The zero-order chi connectivity index (χ0) is 18.7. The molecule has 0 spiro atoms. The first-order valence-electron chi connectivity index (χ1n) is 10.0. The Labute approximate surface area is 156 Å². The standard InChI is InChI=1S/C23H30O3/c1-14(21(25)26-4)18-7-8-19-17-6-5-15-13-16(24)9-11-22(15,2)20(17)10-12-23(18,19)3/h9-11,13-14,17-19H,5-8,12H2,1-4H3/t14?,17-,18+,19-,22-,23+/m0/s1. The average molecular weight is 354 g/mol. The van der Waals surface area contributed by atoms with Crippen LogP contribution in [0.1, 0.15) is 52.9 Å². The number of methoxy groups -OCH3 is 1. The zero-order valence-corrected chi connectivity index (χ0v) is 16.4. The Balaban J connectivity index is 1.69. The van der Waals surface area contributed by atoms with Crippen LogP contribution < -0.4 is 0 Å². The van der Waals surface area contributed by atoms with Crippen molar-refractivity contribution in [2.24, 2.45) is 34.5 Å². The number of ketones is 1. The van der Waals surface area contributed by atoms with Gasteiger partial charge in [0, 0.05) is 5.41 Å². The van der Waals surface area contributed by atoms with E-state index in [9.17, 15) is 9.59 Å². The number of ether oxygens (including phenoxy) is 1. The molecule has 4 aliphatic carbocycles. The van der Waals surface area contributed by atoms with Crippen molar-refractivity contribution in [2.45, 2.75) is 52.9 Å². The van der Waals surface area contributed by atoms with E-state index in [1.807, 2.05) is 13.0 Å². The van der Waals surface area contributed by atoms with Crippen LogP contribution in [0.5, 0.6) is 0 Å². The second-order valence-corrected chi connectivity index (χ2v) is 9.22. The first kappa shape index (κ1) is 17.8. The lowest BCUT2D eigenvalue weighted by atomic mass is 9.51. The third kappa shape index (κ3) is 2.32. The van der Waals surface area contributed by atoms with Crippen molar-refractivity contribution in [3.05, 3.63) is 35.5 Å². The zero-order valence-electron chi connectivity index (χ0n) is 16.4. The monoisotopic (exact) mass is 354 g/mol. The third-order valence-corrected chi connectivity index (χ3v) is 8.20. The van der Waals surface area contributed by atoms with E-state index in [0.717, 1.165) is 25.7 Å². The van der Waals surface area contributed by atoms with Crippen molar-refractivity contribution >= 4 is 11.8 Å². The molecular formula is C23H30O3. The molecule has 26 heavy (non-hydrogen) atoms. The lowest BCUT2D eigenvalue weighted by molar-refractivity contribution is -0.148. The Morgan fingerprint density at radius 1 is 1.27 bits per heavy atom. The molecule has 2 fully saturated rings. The molecule has 4 rings (SSSR count). The van der Waals surface area contributed by atoms with Gasteiger partial charge in [0.2, 0.25) is 0 Å². The number of carbonyl (C=O) groups is 2. The second-order valence-electron chi connectivity index (χ2n) is 9.22. The lowest BCUT2D eigenvalue weighted by Crippen LogP contribution is -2.45. The van der Waals surface area contributed by atoms with Crippen LogP contribution in [0.15, 0.2) is 35.5 Å². The van der Waals surface area contributed by atoms with E-state index < -0.39 is 0 Å². The molecule has 0 aromatic heterocycles. The normalized spacial score (nSPS) is 42.2. The minimum Gasteiger partial charge on any atom is -0.469 e. The maximum atomic E-state index is 12.2. The van der Waals surface area contributed by atoms with Gasteiger partial charge in [-0.15, -0.1) is 0 Å². The molecule has 3 heteroatoms. The van der Waals surface area contributed by atoms with Crippen LogP contribution in [-0.2, 0) is 14.3 Å². The van der Waals surface area contributed by atoms with Gasteiger partial charge in [-0.3, -0.25) is 9.59 Å². The number of allylic oxidation sites excluding steroid dienone is 6. The Kier molecular flexibility index (Phi) is 4.05. The minimum atomic E-state index is -0.0792. The van der Waals surface area contributed by atoms with Gasteiger partial charge >= 0.3 is 5.97 Å². The summed E-state index contributed by atoms with van der Waals surface area (Å²) in [5, 5.41) is 0. The van der Waals surface area contributed by atoms with Crippen LogP contribution >= 0.6 is 0 Å². The molecule has 0 aliphatic heterocycles. The fraction of sp³-hybridized carbons (Fsp3) is 0.652. The van der Waals surface area contributed by atoms with E-state index in [-0.39, 0.29) is 28.5 Å².